The molecule has 0 atom stereocenters. The van der Waals surface area contributed by atoms with Crippen LogP contribution in [-0.2, 0) is 6.54 Å². The highest BCUT2D eigenvalue weighted by atomic mass is 15.3. The van der Waals surface area contributed by atoms with Crippen LogP contribution in [0.15, 0.2) is 42.6 Å². The first-order chi connectivity index (χ1) is 6.40. The van der Waals surface area contributed by atoms with E-state index in [1.54, 1.807) is 0 Å². The van der Waals surface area contributed by atoms with E-state index < -0.39 is 0 Å². The molecular weight excluding hydrogens is 162 g/mol. The number of nitrogens with two attached hydrogens (primary N) is 1. The van der Waals surface area contributed by atoms with Crippen LogP contribution in [0.4, 0.5) is 0 Å². The summed E-state index contributed by atoms with van der Waals surface area (Å²) in [5.74, 6) is 0. The molecule has 1 heterocycles. The van der Waals surface area contributed by atoms with Crippen molar-refractivity contribution in [2.24, 2.45) is 5.73 Å². The third kappa shape index (κ3) is 1.60. The van der Waals surface area contributed by atoms with E-state index in [2.05, 4.69) is 5.10 Å². The lowest BCUT2D eigenvalue weighted by atomic mass is 10.3. The zero-order valence-electron chi connectivity index (χ0n) is 7.22. The van der Waals surface area contributed by atoms with Gasteiger partial charge in [0.1, 0.15) is 0 Å². The van der Waals surface area contributed by atoms with Gasteiger partial charge in [0.2, 0.25) is 0 Å². The SMILES string of the molecule is NCc1ccn(-c2ccccc2)n1. The number of hydrogen-bond acceptors (Lipinski definition) is 2. The van der Waals surface area contributed by atoms with Crippen molar-refractivity contribution in [3.8, 4) is 5.69 Å². The van der Waals surface area contributed by atoms with E-state index in [0.29, 0.717) is 6.54 Å². The Hall–Kier alpha value is -1.61. The van der Waals surface area contributed by atoms with Gasteiger partial charge in [-0.25, -0.2) is 4.68 Å². The Bertz CT molecular complexity index is 378. The van der Waals surface area contributed by atoms with Crippen molar-refractivity contribution in [2.75, 3.05) is 0 Å². The molecule has 0 fully saturated rings. The minimum absolute atomic E-state index is 0.486. The van der Waals surface area contributed by atoms with Crippen molar-refractivity contribution in [1.29, 1.82) is 0 Å². The molecule has 0 unspecified atom stereocenters. The predicted molar refractivity (Wildman–Crippen MR) is 51.5 cm³/mol. The molecule has 2 aromatic rings. The molecule has 0 saturated heterocycles. The Morgan fingerprint density at radius 2 is 1.92 bits per heavy atom. The summed E-state index contributed by atoms with van der Waals surface area (Å²) in [6, 6.07) is 11.9. The van der Waals surface area contributed by atoms with Crippen LogP contribution >= 0.6 is 0 Å². The third-order valence-electron chi connectivity index (χ3n) is 1.87. The lowest BCUT2D eigenvalue weighted by Gasteiger charge is -1.98. The van der Waals surface area contributed by atoms with E-state index in [0.717, 1.165) is 11.4 Å². The predicted octanol–water partition coefficient (Wildman–Crippen LogP) is 1.33. The zero-order valence-corrected chi connectivity index (χ0v) is 7.22. The molecule has 2 N–H and O–H groups in total. The van der Waals surface area contributed by atoms with Crippen molar-refractivity contribution in [2.45, 2.75) is 6.54 Å². The third-order valence-corrected chi connectivity index (χ3v) is 1.87. The van der Waals surface area contributed by atoms with Gasteiger partial charge in [-0.2, -0.15) is 5.10 Å². The Labute approximate surface area is 76.8 Å². The molecule has 66 valence electrons. The van der Waals surface area contributed by atoms with Gasteiger partial charge < -0.3 is 5.73 Å². The molecule has 0 aliphatic rings. The summed E-state index contributed by atoms with van der Waals surface area (Å²) in [6.07, 6.45) is 1.91. The highest BCUT2D eigenvalue weighted by molar-refractivity contribution is 5.30. The summed E-state index contributed by atoms with van der Waals surface area (Å²) in [7, 11) is 0. The first-order valence-corrected chi connectivity index (χ1v) is 4.20. The summed E-state index contributed by atoms with van der Waals surface area (Å²) >= 11 is 0. The lowest BCUT2D eigenvalue weighted by molar-refractivity contribution is 0.833. The fourth-order valence-electron chi connectivity index (χ4n) is 1.20. The van der Waals surface area contributed by atoms with Gasteiger partial charge >= 0.3 is 0 Å². The molecular formula is C10H11N3. The molecule has 0 spiro atoms. The van der Waals surface area contributed by atoms with Crippen molar-refractivity contribution >= 4 is 0 Å². The molecule has 1 aromatic heterocycles. The molecule has 0 saturated carbocycles. The van der Waals surface area contributed by atoms with Gasteiger partial charge in [0.05, 0.1) is 11.4 Å². The highest BCUT2D eigenvalue weighted by Gasteiger charge is 1.97. The molecule has 0 aliphatic heterocycles. The van der Waals surface area contributed by atoms with Crippen LogP contribution in [0.2, 0.25) is 0 Å². The van der Waals surface area contributed by atoms with Crippen molar-refractivity contribution < 1.29 is 0 Å². The lowest BCUT2D eigenvalue weighted by Crippen LogP contribution is -1.99. The first kappa shape index (κ1) is 8.01. The van der Waals surface area contributed by atoms with Gasteiger partial charge in [-0.05, 0) is 18.2 Å². The Morgan fingerprint density at radius 1 is 1.15 bits per heavy atom. The Kier molecular flexibility index (Phi) is 2.10. The van der Waals surface area contributed by atoms with Crippen molar-refractivity contribution in [1.82, 2.24) is 9.78 Å². The van der Waals surface area contributed by atoms with Crippen LogP contribution in [-0.4, -0.2) is 9.78 Å². The highest BCUT2D eigenvalue weighted by Crippen LogP contribution is 2.05. The minimum Gasteiger partial charge on any atom is -0.325 e. The molecule has 0 radical (unpaired) electrons. The van der Waals surface area contributed by atoms with Gasteiger partial charge in [-0.15, -0.1) is 0 Å². The summed E-state index contributed by atoms with van der Waals surface area (Å²) < 4.78 is 1.82. The second-order valence-corrected chi connectivity index (χ2v) is 2.79. The molecule has 13 heavy (non-hydrogen) atoms. The summed E-state index contributed by atoms with van der Waals surface area (Å²) in [4.78, 5) is 0. The van der Waals surface area contributed by atoms with E-state index >= 15 is 0 Å². The van der Waals surface area contributed by atoms with E-state index in [9.17, 15) is 0 Å². The maximum absolute atomic E-state index is 5.47. The second kappa shape index (κ2) is 3.41. The van der Waals surface area contributed by atoms with Crippen LogP contribution < -0.4 is 5.73 Å². The standard InChI is InChI=1S/C10H11N3/c11-8-9-6-7-13(12-9)10-4-2-1-3-5-10/h1-7H,8,11H2. The van der Waals surface area contributed by atoms with E-state index in [-0.39, 0.29) is 0 Å². The van der Waals surface area contributed by atoms with Crippen molar-refractivity contribution in [3.63, 3.8) is 0 Å². The van der Waals surface area contributed by atoms with Crippen molar-refractivity contribution in [3.05, 3.63) is 48.3 Å². The smallest absolute Gasteiger partial charge is 0.0764 e. The maximum atomic E-state index is 5.47. The van der Waals surface area contributed by atoms with E-state index in [4.69, 9.17) is 5.73 Å². The van der Waals surface area contributed by atoms with Gasteiger partial charge in [0, 0.05) is 12.7 Å². The summed E-state index contributed by atoms with van der Waals surface area (Å²) in [6.45, 7) is 0.486. The molecule has 0 amide bonds. The largest absolute Gasteiger partial charge is 0.325 e. The molecule has 3 heteroatoms. The molecule has 3 nitrogen and oxygen atoms in total. The minimum atomic E-state index is 0.486. The van der Waals surface area contributed by atoms with E-state index in [1.165, 1.54) is 0 Å². The normalized spacial score (nSPS) is 10.2. The molecule has 1 aromatic carbocycles. The molecule has 0 bridgehead atoms. The number of rotatable bonds is 2. The average molecular weight is 173 g/mol. The topological polar surface area (TPSA) is 43.8 Å². The zero-order chi connectivity index (χ0) is 9.10. The second-order valence-electron chi connectivity index (χ2n) is 2.79. The van der Waals surface area contributed by atoms with Crippen LogP contribution in [0, 0.1) is 0 Å². The van der Waals surface area contributed by atoms with Crippen LogP contribution in [0.3, 0.4) is 0 Å². The summed E-state index contributed by atoms with van der Waals surface area (Å²) in [5.41, 5.74) is 7.43. The Morgan fingerprint density at radius 3 is 2.54 bits per heavy atom. The fraction of sp³-hybridized carbons (Fsp3) is 0.100. The number of hydrogen-bond donors (Lipinski definition) is 1. The van der Waals surface area contributed by atoms with Gasteiger partial charge in [0.15, 0.2) is 0 Å². The fourth-order valence-corrected chi connectivity index (χ4v) is 1.20. The number of benzene rings is 1. The maximum Gasteiger partial charge on any atom is 0.0764 e. The van der Waals surface area contributed by atoms with Crippen LogP contribution in [0.5, 0.6) is 0 Å². The average Bonchev–Trinajstić information content (AvgIpc) is 2.67. The summed E-state index contributed by atoms with van der Waals surface area (Å²) in [5, 5.41) is 4.29. The van der Waals surface area contributed by atoms with Crippen LogP contribution in [0.25, 0.3) is 5.69 Å². The number of para-hydroxylation sites is 1. The Balaban J connectivity index is 2.36. The van der Waals surface area contributed by atoms with Gasteiger partial charge in [-0.1, -0.05) is 18.2 Å². The molecule has 2 rings (SSSR count). The monoisotopic (exact) mass is 173 g/mol. The van der Waals surface area contributed by atoms with Gasteiger partial charge in [-0.3, -0.25) is 0 Å². The first-order valence-electron chi connectivity index (χ1n) is 4.20. The molecule has 0 aliphatic carbocycles. The van der Waals surface area contributed by atoms with Gasteiger partial charge in [0.25, 0.3) is 0 Å². The quantitative estimate of drug-likeness (QED) is 0.744. The van der Waals surface area contributed by atoms with Crippen LogP contribution in [0.1, 0.15) is 5.69 Å². The van der Waals surface area contributed by atoms with E-state index in [1.807, 2.05) is 47.3 Å². The number of nitrogens with zero attached hydrogens (tertiary/aromatic N) is 2. The number of aromatic nitrogens is 2.